The number of nitrogens with one attached hydrogen (secondary N) is 1. The zero-order valence-electron chi connectivity index (χ0n) is 11.1. The molecule has 0 bridgehead atoms. The summed E-state index contributed by atoms with van der Waals surface area (Å²) in [6.45, 7) is 2.01. The summed E-state index contributed by atoms with van der Waals surface area (Å²) in [4.78, 5) is 8.55. The first kappa shape index (κ1) is 12.3. The molecule has 4 nitrogen and oxygen atoms in total. The molecule has 0 unspecified atom stereocenters. The smallest absolute Gasteiger partial charge is 0.274 e. The van der Waals surface area contributed by atoms with Crippen molar-refractivity contribution in [2.45, 2.75) is 6.92 Å². The Labute approximate surface area is 123 Å². The molecule has 21 heavy (non-hydrogen) atoms. The van der Waals surface area contributed by atoms with Gasteiger partial charge in [-0.15, -0.1) is 11.3 Å². The minimum Gasteiger partial charge on any atom is -0.351 e. The number of hydrogen-bond acceptors (Lipinski definition) is 4. The topological polar surface area (TPSA) is 54.7 Å². The normalized spacial score (nSPS) is 11.3. The molecule has 4 rings (SSSR count). The predicted octanol–water partition coefficient (Wildman–Crippen LogP) is 4.39. The number of aromatic nitrogens is 3. The summed E-state index contributed by atoms with van der Waals surface area (Å²) in [5.74, 6) is 0.699. The number of fused-ring (bicyclic) bond motifs is 1. The van der Waals surface area contributed by atoms with Crippen molar-refractivity contribution < 1.29 is 8.91 Å². The van der Waals surface area contributed by atoms with Crippen molar-refractivity contribution in [2.24, 2.45) is 0 Å². The minimum absolute atomic E-state index is 0.270. The van der Waals surface area contributed by atoms with Crippen LogP contribution >= 0.6 is 11.3 Å². The highest BCUT2D eigenvalue weighted by Gasteiger charge is 2.15. The highest BCUT2D eigenvalue weighted by Crippen LogP contribution is 2.29. The SMILES string of the molecule is Cc1ccsc1-c1noc(-c2cc3cc(F)ccc3[nH]2)n1. The van der Waals surface area contributed by atoms with Crippen LogP contribution in [0.3, 0.4) is 0 Å². The van der Waals surface area contributed by atoms with Gasteiger partial charge in [-0.25, -0.2) is 4.39 Å². The summed E-state index contributed by atoms with van der Waals surface area (Å²) in [7, 11) is 0. The Balaban J connectivity index is 1.79. The van der Waals surface area contributed by atoms with Crippen LogP contribution in [-0.2, 0) is 0 Å². The van der Waals surface area contributed by atoms with Crippen molar-refractivity contribution in [1.29, 1.82) is 0 Å². The van der Waals surface area contributed by atoms with E-state index in [2.05, 4.69) is 15.1 Å². The van der Waals surface area contributed by atoms with Gasteiger partial charge < -0.3 is 9.51 Å². The first-order chi connectivity index (χ1) is 10.2. The highest BCUT2D eigenvalue weighted by molar-refractivity contribution is 7.13. The van der Waals surface area contributed by atoms with Gasteiger partial charge in [-0.3, -0.25) is 0 Å². The molecule has 0 saturated heterocycles. The lowest BCUT2D eigenvalue weighted by Crippen LogP contribution is -1.79. The van der Waals surface area contributed by atoms with Gasteiger partial charge in [0.05, 0.1) is 4.88 Å². The monoisotopic (exact) mass is 299 g/mol. The molecule has 104 valence electrons. The maximum atomic E-state index is 13.2. The molecule has 3 heterocycles. The van der Waals surface area contributed by atoms with Gasteiger partial charge in [0, 0.05) is 10.9 Å². The molecular formula is C15H10FN3OS. The maximum absolute atomic E-state index is 13.2. The van der Waals surface area contributed by atoms with Crippen molar-refractivity contribution in [3.63, 3.8) is 0 Å². The molecule has 3 aromatic heterocycles. The molecule has 0 aliphatic carbocycles. The molecule has 0 saturated carbocycles. The Kier molecular flexibility index (Phi) is 2.65. The van der Waals surface area contributed by atoms with Crippen molar-refractivity contribution in [1.82, 2.24) is 15.1 Å². The van der Waals surface area contributed by atoms with E-state index in [1.165, 1.54) is 12.1 Å². The third kappa shape index (κ3) is 2.04. The molecule has 1 aromatic carbocycles. The van der Waals surface area contributed by atoms with Crippen molar-refractivity contribution in [2.75, 3.05) is 0 Å². The summed E-state index contributed by atoms with van der Waals surface area (Å²) in [5, 5.41) is 6.78. The Bertz CT molecular complexity index is 937. The Morgan fingerprint density at radius 2 is 2.14 bits per heavy atom. The van der Waals surface area contributed by atoms with E-state index in [9.17, 15) is 4.39 Å². The van der Waals surface area contributed by atoms with E-state index in [4.69, 9.17) is 4.52 Å². The predicted molar refractivity (Wildman–Crippen MR) is 79.6 cm³/mol. The van der Waals surface area contributed by atoms with E-state index in [-0.39, 0.29) is 5.82 Å². The van der Waals surface area contributed by atoms with Gasteiger partial charge in [0.1, 0.15) is 11.5 Å². The van der Waals surface area contributed by atoms with Gasteiger partial charge in [-0.1, -0.05) is 5.16 Å². The maximum Gasteiger partial charge on any atom is 0.274 e. The van der Waals surface area contributed by atoms with E-state index in [0.29, 0.717) is 17.4 Å². The second-order valence-electron chi connectivity index (χ2n) is 4.77. The van der Waals surface area contributed by atoms with E-state index >= 15 is 0 Å². The van der Waals surface area contributed by atoms with E-state index < -0.39 is 0 Å². The molecule has 0 aliphatic heterocycles. The fourth-order valence-corrected chi connectivity index (χ4v) is 3.10. The number of aryl methyl sites for hydroxylation is 1. The minimum atomic E-state index is -0.270. The average molecular weight is 299 g/mol. The molecule has 0 spiro atoms. The Hall–Kier alpha value is -2.47. The number of H-pyrrole nitrogens is 1. The third-order valence-electron chi connectivity index (χ3n) is 3.30. The van der Waals surface area contributed by atoms with Crippen molar-refractivity contribution in [3.8, 4) is 22.3 Å². The first-order valence-corrected chi connectivity index (χ1v) is 7.25. The number of thiophene rings is 1. The average Bonchev–Trinajstić information content (AvgIpc) is 3.15. The fraction of sp³-hybridized carbons (Fsp3) is 0.0667. The van der Waals surface area contributed by atoms with Crippen LogP contribution in [0.25, 0.3) is 33.2 Å². The Morgan fingerprint density at radius 3 is 2.95 bits per heavy atom. The quantitative estimate of drug-likeness (QED) is 0.597. The van der Waals surface area contributed by atoms with Gasteiger partial charge in [0.2, 0.25) is 5.82 Å². The van der Waals surface area contributed by atoms with E-state index in [0.717, 1.165) is 21.3 Å². The van der Waals surface area contributed by atoms with Gasteiger partial charge in [0.25, 0.3) is 5.89 Å². The summed E-state index contributed by atoms with van der Waals surface area (Å²) >= 11 is 1.57. The lowest BCUT2D eigenvalue weighted by atomic mass is 10.2. The summed E-state index contributed by atoms with van der Waals surface area (Å²) < 4.78 is 18.5. The summed E-state index contributed by atoms with van der Waals surface area (Å²) in [6.07, 6.45) is 0. The molecule has 0 fully saturated rings. The standard InChI is InChI=1S/C15H10FN3OS/c1-8-4-5-21-13(8)14-18-15(20-19-14)12-7-9-6-10(16)2-3-11(9)17-12/h2-7,17H,1H3. The van der Waals surface area contributed by atoms with Crippen molar-refractivity contribution >= 4 is 22.2 Å². The van der Waals surface area contributed by atoms with E-state index in [1.807, 2.05) is 18.4 Å². The molecule has 0 aliphatic rings. The van der Waals surface area contributed by atoms with Crippen LogP contribution in [0.1, 0.15) is 5.56 Å². The number of hydrogen-bond donors (Lipinski definition) is 1. The highest BCUT2D eigenvalue weighted by atomic mass is 32.1. The van der Waals surface area contributed by atoms with Crippen LogP contribution in [0.2, 0.25) is 0 Å². The zero-order valence-corrected chi connectivity index (χ0v) is 11.9. The van der Waals surface area contributed by atoms with Crippen LogP contribution in [0.5, 0.6) is 0 Å². The van der Waals surface area contributed by atoms with Crippen LogP contribution < -0.4 is 0 Å². The van der Waals surface area contributed by atoms with Gasteiger partial charge in [0.15, 0.2) is 0 Å². The van der Waals surface area contributed by atoms with Crippen LogP contribution in [0.4, 0.5) is 4.39 Å². The fourth-order valence-electron chi connectivity index (χ4n) is 2.25. The molecule has 4 aromatic rings. The molecule has 0 radical (unpaired) electrons. The van der Waals surface area contributed by atoms with Gasteiger partial charge >= 0.3 is 0 Å². The molecule has 6 heteroatoms. The molecular weight excluding hydrogens is 289 g/mol. The van der Waals surface area contributed by atoms with Crippen LogP contribution in [0.15, 0.2) is 40.2 Å². The van der Waals surface area contributed by atoms with Gasteiger partial charge in [-0.05, 0) is 48.2 Å². The second kappa shape index (κ2) is 4.53. The van der Waals surface area contributed by atoms with E-state index in [1.54, 1.807) is 23.5 Å². The van der Waals surface area contributed by atoms with Crippen molar-refractivity contribution in [3.05, 3.63) is 47.1 Å². The third-order valence-corrected chi connectivity index (χ3v) is 4.32. The zero-order chi connectivity index (χ0) is 14.4. The molecule has 0 amide bonds. The number of nitrogens with zero attached hydrogens (tertiary/aromatic N) is 2. The summed E-state index contributed by atoms with van der Waals surface area (Å²) in [6, 6.07) is 8.39. The second-order valence-corrected chi connectivity index (χ2v) is 5.69. The lowest BCUT2D eigenvalue weighted by molar-refractivity contribution is 0.431. The number of benzene rings is 1. The largest absolute Gasteiger partial charge is 0.351 e. The number of rotatable bonds is 2. The van der Waals surface area contributed by atoms with Crippen LogP contribution in [0, 0.1) is 12.7 Å². The lowest BCUT2D eigenvalue weighted by Gasteiger charge is -1.89. The Morgan fingerprint density at radius 1 is 1.24 bits per heavy atom. The van der Waals surface area contributed by atoms with Gasteiger partial charge in [-0.2, -0.15) is 4.98 Å². The molecule has 1 N–H and O–H groups in total. The number of halogens is 1. The summed E-state index contributed by atoms with van der Waals surface area (Å²) in [5.41, 5.74) is 2.63. The molecule has 0 atom stereocenters. The van der Waals surface area contributed by atoms with Crippen LogP contribution in [-0.4, -0.2) is 15.1 Å². The number of aromatic amines is 1. The first-order valence-electron chi connectivity index (χ1n) is 6.37.